The van der Waals surface area contributed by atoms with Crippen molar-refractivity contribution in [1.82, 2.24) is 4.90 Å². The highest BCUT2D eigenvalue weighted by atomic mass is 32.2. The summed E-state index contributed by atoms with van der Waals surface area (Å²) in [5, 5.41) is 1.91. The molecule has 3 aliphatic heterocycles. The summed E-state index contributed by atoms with van der Waals surface area (Å²) in [6, 6.07) is 2.33. The lowest BCUT2D eigenvalue weighted by Gasteiger charge is -2.57. The molecular formula is C36H57NO2S. The number of fused-ring (bicyclic) bond motifs is 9. The van der Waals surface area contributed by atoms with Gasteiger partial charge in [-0.05, 0) is 107 Å². The number of ether oxygens (including phenoxy) is 2. The van der Waals surface area contributed by atoms with Gasteiger partial charge in [-0.3, -0.25) is 4.90 Å². The average molecular weight is 568 g/mol. The normalized spacial score (nSPS) is 56.2. The quantitative estimate of drug-likeness (QED) is 0.334. The monoisotopic (exact) mass is 567 g/mol. The van der Waals surface area contributed by atoms with Gasteiger partial charge in [0.2, 0.25) is 0 Å². The summed E-state index contributed by atoms with van der Waals surface area (Å²) < 4.78 is 13.7. The van der Waals surface area contributed by atoms with Gasteiger partial charge in [0.15, 0.2) is 0 Å². The first-order valence-corrected chi connectivity index (χ1v) is 19.5. The number of rotatable bonds is 2. The molecule has 0 N–H and O–H groups in total. The Hall–Kier alpha value is 0.230. The molecule has 0 amide bonds. The molecule has 9 rings (SSSR count). The fourth-order valence-electron chi connectivity index (χ4n) is 13.1. The predicted octanol–water partition coefficient (Wildman–Crippen LogP) is 8.38. The molecule has 6 aliphatic carbocycles. The second-order valence-corrected chi connectivity index (χ2v) is 17.6. The Labute approximate surface area is 249 Å². The van der Waals surface area contributed by atoms with E-state index in [0.717, 1.165) is 64.1 Å². The summed E-state index contributed by atoms with van der Waals surface area (Å²) in [7, 11) is 0. The number of morpholine rings is 1. The Balaban J connectivity index is 0.947. The van der Waals surface area contributed by atoms with E-state index >= 15 is 0 Å². The standard InChI is InChI=1S/C36H57NO2S/c1-4-16-30-27(11-1)34-33(38-30)20-19-26-25-13-8-12-24(35(25)40-36(26)34)22-9-7-10-23(21-22)37-28-14-2-5-17-31(28)39-32-18-6-3-15-29(32)37/h22-36H,1-21H2. The van der Waals surface area contributed by atoms with Crippen LogP contribution in [0.3, 0.4) is 0 Å². The van der Waals surface area contributed by atoms with Crippen molar-refractivity contribution >= 4 is 11.8 Å². The van der Waals surface area contributed by atoms with E-state index in [1.807, 2.05) is 0 Å². The van der Waals surface area contributed by atoms with Gasteiger partial charge in [-0.15, -0.1) is 0 Å². The summed E-state index contributed by atoms with van der Waals surface area (Å²) in [5.41, 5.74) is 0. The highest BCUT2D eigenvalue weighted by Gasteiger charge is 2.60. The van der Waals surface area contributed by atoms with Crippen LogP contribution in [0.25, 0.3) is 0 Å². The molecule has 40 heavy (non-hydrogen) atoms. The first kappa shape index (κ1) is 26.6. The highest BCUT2D eigenvalue weighted by molar-refractivity contribution is 8.00. The van der Waals surface area contributed by atoms with E-state index < -0.39 is 0 Å². The molecule has 0 radical (unpaired) electrons. The molecule has 0 aromatic heterocycles. The van der Waals surface area contributed by atoms with E-state index in [4.69, 9.17) is 9.47 Å². The van der Waals surface area contributed by atoms with Gasteiger partial charge in [0, 0.05) is 34.5 Å². The Kier molecular flexibility index (Phi) is 7.31. The Morgan fingerprint density at radius 3 is 1.90 bits per heavy atom. The van der Waals surface area contributed by atoms with Gasteiger partial charge in [-0.25, -0.2) is 0 Å². The molecule has 15 unspecified atom stereocenters. The lowest BCUT2D eigenvalue weighted by atomic mass is 9.62. The zero-order chi connectivity index (χ0) is 26.2. The lowest BCUT2D eigenvalue weighted by molar-refractivity contribution is -0.191. The van der Waals surface area contributed by atoms with Crippen LogP contribution in [0.5, 0.6) is 0 Å². The van der Waals surface area contributed by atoms with E-state index in [-0.39, 0.29) is 0 Å². The van der Waals surface area contributed by atoms with E-state index in [1.165, 1.54) is 122 Å². The van der Waals surface area contributed by atoms with E-state index in [2.05, 4.69) is 16.7 Å². The third-order valence-corrected chi connectivity index (χ3v) is 16.6. The topological polar surface area (TPSA) is 21.7 Å². The van der Waals surface area contributed by atoms with Crippen LogP contribution in [-0.4, -0.2) is 57.9 Å². The molecule has 3 nitrogen and oxygen atoms in total. The van der Waals surface area contributed by atoms with Crippen molar-refractivity contribution < 1.29 is 9.47 Å². The molecule has 224 valence electrons. The molecule has 0 aromatic carbocycles. The molecule has 3 saturated heterocycles. The van der Waals surface area contributed by atoms with Gasteiger partial charge in [-0.1, -0.05) is 57.8 Å². The Bertz CT molecular complexity index is 891. The van der Waals surface area contributed by atoms with Crippen LogP contribution in [0.15, 0.2) is 0 Å². The molecule has 6 saturated carbocycles. The summed E-state index contributed by atoms with van der Waals surface area (Å²) >= 11 is 2.57. The number of nitrogens with zero attached hydrogens (tertiary/aromatic N) is 1. The van der Waals surface area contributed by atoms with Crippen molar-refractivity contribution in [3.8, 4) is 0 Å². The molecule has 9 fully saturated rings. The van der Waals surface area contributed by atoms with Crippen molar-refractivity contribution in [1.29, 1.82) is 0 Å². The lowest BCUT2D eigenvalue weighted by Crippen LogP contribution is -2.65. The maximum absolute atomic E-state index is 6.89. The van der Waals surface area contributed by atoms with Crippen molar-refractivity contribution in [3.63, 3.8) is 0 Å². The molecule has 0 spiro atoms. The predicted molar refractivity (Wildman–Crippen MR) is 164 cm³/mol. The molecule has 4 heteroatoms. The molecule has 0 bridgehead atoms. The molecular weight excluding hydrogens is 510 g/mol. The fourth-order valence-corrected chi connectivity index (χ4v) is 15.7. The Morgan fingerprint density at radius 1 is 0.450 bits per heavy atom. The van der Waals surface area contributed by atoms with Gasteiger partial charge < -0.3 is 9.47 Å². The summed E-state index contributed by atoms with van der Waals surface area (Å²) in [4.78, 5) is 3.19. The van der Waals surface area contributed by atoms with Crippen LogP contribution >= 0.6 is 11.8 Å². The summed E-state index contributed by atoms with van der Waals surface area (Å²) in [6.07, 6.45) is 32.8. The number of thioether (sulfide) groups is 1. The van der Waals surface area contributed by atoms with Crippen molar-refractivity contribution in [2.45, 2.75) is 188 Å². The average Bonchev–Trinajstić information content (AvgIpc) is 3.58. The van der Waals surface area contributed by atoms with Crippen LogP contribution in [0, 0.1) is 35.5 Å². The van der Waals surface area contributed by atoms with E-state index in [0.29, 0.717) is 24.4 Å². The minimum absolute atomic E-state index is 0.547. The van der Waals surface area contributed by atoms with Crippen LogP contribution in [-0.2, 0) is 9.47 Å². The van der Waals surface area contributed by atoms with Crippen LogP contribution in [0.2, 0.25) is 0 Å². The van der Waals surface area contributed by atoms with Gasteiger partial charge in [0.1, 0.15) is 0 Å². The minimum atomic E-state index is 0.547. The van der Waals surface area contributed by atoms with Crippen LogP contribution < -0.4 is 0 Å². The number of hydrogen-bond acceptors (Lipinski definition) is 4. The SMILES string of the molecule is C1CCC2C(C1)OC1CCC3C4CCCC(C5CCCC(N6C7CCCCC7OC7CCCCC76)C5)C4SC3C12. The maximum atomic E-state index is 6.89. The second-order valence-electron chi connectivity index (χ2n) is 16.2. The zero-order valence-electron chi connectivity index (χ0n) is 25.2. The highest BCUT2D eigenvalue weighted by Crippen LogP contribution is 2.63. The van der Waals surface area contributed by atoms with Crippen LogP contribution in [0.1, 0.15) is 135 Å². The summed E-state index contributed by atoms with van der Waals surface area (Å²) in [5.74, 6) is 5.86. The Morgan fingerprint density at radius 2 is 1.07 bits per heavy atom. The summed E-state index contributed by atoms with van der Waals surface area (Å²) in [6.45, 7) is 0. The minimum Gasteiger partial charge on any atom is -0.374 e. The van der Waals surface area contributed by atoms with E-state index in [9.17, 15) is 0 Å². The maximum Gasteiger partial charge on any atom is 0.0735 e. The van der Waals surface area contributed by atoms with E-state index in [1.54, 1.807) is 12.8 Å². The first-order chi connectivity index (χ1) is 19.8. The van der Waals surface area contributed by atoms with Crippen molar-refractivity contribution in [2.24, 2.45) is 35.5 Å². The van der Waals surface area contributed by atoms with Gasteiger partial charge >= 0.3 is 0 Å². The van der Waals surface area contributed by atoms with Crippen molar-refractivity contribution in [2.75, 3.05) is 0 Å². The van der Waals surface area contributed by atoms with Crippen molar-refractivity contribution in [3.05, 3.63) is 0 Å². The third-order valence-electron chi connectivity index (χ3n) is 14.6. The van der Waals surface area contributed by atoms with Gasteiger partial charge in [0.05, 0.1) is 24.4 Å². The first-order valence-electron chi connectivity index (χ1n) is 18.6. The van der Waals surface area contributed by atoms with Gasteiger partial charge in [0.25, 0.3) is 0 Å². The zero-order valence-corrected chi connectivity index (χ0v) is 26.0. The largest absolute Gasteiger partial charge is 0.374 e. The third kappa shape index (κ3) is 4.36. The smallest absolute Gasteiger partial charge is 0.0735 e. The van der Waals surface area contributed by atoms with Gasteiger partial charge in [-0.2, -0.15) is 11.8 Å². The second kappa shape index (κ2) is 11.0. The fraction of sp³-hybridized carbons (Fsp3) is 1.00. The molecule has 9 aliphatic rings. The molecule has 15 atom stereocenters. The number of hydrogen-bond donors (Lipinski definition) is 0. The molecule has 0 aromatic rings. The van der Waals surface area contributed by atoms with Crippen LogP contribution in [0.4, 0.5) is 0 Å². The molecule has 3 heterocycles.